The molecule has 0 aromatic heterocycles. The zero-order chi connectivity index (χ0) is 22.7. The van der Waals surface area contributed by atoms with E-state index in [2.05, 4.69) is 43.1 Å². The minimum atomic E-state index is -1.11. The monoisotopic (exact) mass is 426 g/mol. The lowest BCUT2D eigenvalue weighted by Crippen LogP contribution is -2.47. The van der Waals surface area contributed by atoms with Crippen molar-refractivity contribution in [2.45, 2.75) is 91.5 Å². The van der Waals surface area contributed by atoms with Crippen LogP contribution in [0.4, 0.5) is 0 Å². The Balaban J connectivity index is 2.07. The van der Waals surface area contributed by atoms with Crippen LogP contribution in [0.2, 0.25) is 0 Å². The van der Waals surface area contributed by atoms with Crippen molar-refractivity contribution in [3.63, 3.8) is 0 Å². The number of unbranched alkanes of at least 4 members (excludes halogenated alkanes) is 4. The summed E-state index contributed by atoms with van der Waals surface area (Å²) in [6.45, 7) is 12.7. The van der Waals surface area contributed by atoms with E-state index in [1.165, 1.54) is 25.7 Å². The summed E-state index contributed by atoms with van der Waals surface area (Å²) >= 11 is 0. The summed E-state index contributed by atoms with van der Waals surface area (Å²) in [4.78, 5) is 15.8. The standard InChI is InChI=1S/C26H42N4O/c1-21(2)12-8-6-10-18-30(19-11-7-9-13-22(3)4)25(31)26(20-27-29-28-26)24-16-14-23(5)15-17-24/h14-17,20-22H,6-13,18-19H2,1-5H3. The number of rotatable bonds is 14. The maximum absolute atomic E-state index is 13.8. The van der Waals surface area contributed by atoms with Crippen molar-refractivity contribution in [2.75, 3.05) is 13.1 Å². The molecule has 1 heterocycles. The van der Waals surface area contributed by atoms with E-state index >= 15 is 0 Å². The molecular formula is C26H42N4O. The largest absolute Gasteiger partial charge is 0.340 e. The summed E-state index contributed by atoms with van der Waals surface area (Å²) in [7, 11) is 0. The highest BCUT2D eigenvalue weighted by Gasteiger charge is 2.44. The van der Waals surface area contributed by atoms with E-state index in [4.69, 9.17) is 0 Å². The molecule has 1 aliphatic heterocycles. The van der Waals surface area contributed by atoms with Crippen molar-refractivity contribution in [3.05, 3.63) is 35.4 Å². The topological polar surface area (TPSA) is 57.4 Å². The van der Waals surface area contributed by atoms with E-state index in [0.717, 1.165) is 61.7 Å². The van der Waals surface area contributed by atoms with Crippen LogP contribution in [0.1, 0.15) is 90.2 Å². The van der Waals surface area contributed by atoms with Crippen LogP contribution in [0.25, 0.3) is 0 Å². The van der Waals surface area contributed by atoms with E-state index in [-0.39, 0.29) is 5.91 Å². The van der Waals surface area contributed by atoms with Gasteiger partial charge in [-0.1, -0.05) is 96.0 Å². The highest BCUT2D eigenvalue weighted by Crippen LogP contribution is 2.31. The molecule has 0 saturated carbocycles. The summed E-state index contributed by atoms with van der Waals surface area (Å²) in [5.41, 5.74) is 0.895. The van der Waals surface area contributed by atoms with Crippen molar-refractivity contribution in [2.24, 2.45) is 27.3 Å². The third-order valence-electron chi connectivity index (χ3n) is 6.02. The van der Waals surface area contributed by atoms with Gasteiger partial charge < -0.3 is 4.90 Å². The summed E-state index contributed by atoms with van der Waals surface area (Å²) < 4.78 is 0. The highest BCUT2D eigenvalue weighted by molar-refractivity contribution is 6.04. The SMILES string of the molecule is Cc1ccc(C2(C(=O)N(CCCCCC(C)C)CCCCCC(C)C)C=NN=N2)cc1. The van der Waals surface area contributed by atoms with Gasteiger partial charge >= 0.3 is 0 Å². The summed E-state index contributed by atoms with van der Waals surface area (Å²) in [6, 6.07) is 8.00. The minimum absolute atomic E-state index is 0.00840. The Morgan fingerprint density at radius 2 is 1.42 bits per heavy atom. The Hall–Kier alpha value is -2.04. The summed E-state index contributed by atoms with van der Waals surface area (Å²) in [6.07, 6.45) is 10.9. The molecule has 5 heteroatoms. The average Bonchev–Trinajstić information content (AvgIpc) is 3.22. The van der Waals surface area contributed by atoms with Gasteiger partial charge in [0.05, 0.1) is 6.21 Å². The Kier molecular flexibility index (Phi) is 10.4. The summed E-state index contributed by atoms with van der Waals surface area (Å²) in [5, 5.41) is 12.2. The molecular weight excluding hydrogens is 384 g/mol. The Labute approximate surface area is 189 Å². The first-order valence-electron chi connectivity index (χ1n) is 12.2. The second kappa shape index (κ2) is 12.7. The fourth-order valence-corrected chi connectivity index (χ4v) is 4.01. The first-order chi connectivity index (χ1) is 14.8. The quantitative estimate of drug-likeness (QED) is 0.298. The molecule has 1 unspecified atom stereocenters. The van der Waals surface area contributed by atoms with Crippen LogP contribution in [-0.2, 0) is 10.3 Å². The minimum Gasteiger partial charge on any atom is -0.340 e. The molecule has 0 N–H and O–H groups in total. The van der Waals surface area contributed by atoms with Gasteiger partial charge in [0.15, 0.2) is 0 Å². The van der Waals surface area contributed by atoms with Gasteiger partial charge in [-0.15, -0.1) is 10.2 Å². The molecule has 0 saturated heterocycles. The predicted octanol–water partition coefficient (Wildman–Crippen LogP) is 6.90. The zero-order valence-electron chi connectivity index (χ0n) is 20.3. The molecule has 1 atom stereocenters. The molecule has 172 valence electrons. The van der Waals surface area contributed by atoms with Crippen LogP contribution in [0.15, 0.2) is 39.7 Å². The Morgan fingerprint density at radius 1 is 0.871 bits per heavy atom. The number of aryl methyl sites for hydroxylation is 1. The van der Waals surface area contributed by atoms with Gasteiger partial charge in [-0.25, -0.2) is 0 Å². The van der Waals surface area contributed by atoms with Gasteiger partial charge in [-0.2, -0.15) is 0 Å². The molecule has 0 bridgehead atoms. The first-order valence-corrected chi connectivity index (χ1v) is 12.2. The number of carbonyl (C=O) groups is 1. The smallest absolute Gasteiger partial charge is 0.262 e. The lowest BCUT2D eigenvalue weighted by Gasteiger charge is -2.30. The van der Waals surface area contributed by atoms with Crippen LogP contribution in [0.5, 0.6) is 0 Å². The predicted molar refractivity (Wildman–Crippen MR) is 129 cm³/mol. The van der Waals surface area contributed by atoms with E-state index < -0.39 is 5.54 Å². The van der Waals surface area contributed by atoms with Crippen LogP contribution in [-0.4, -0.2) is 30.1 Å². The molecule has 1 aliphatic rings. The van der Waals surface area contributed by atoms with Crippen molar-refractivity contribution in [1.82, 2.24) is 4.90 Å². The van der Waals surface area contributed by atoms with Gasteiger partial charge in [0.2, 0.25) is 5.54 Å². The molecule has 1 amide bonds. The van der Waals surface area contributed by atoms with Crippen LogP contribution in [0.3, 0.4) is 0 Å². The van der Waals surface area contributed by atoms with Gasteiger partial charge in [-0.3, -0.25) is 4.79 Å². The maximum Gasteiger partial charge on any atom is 0.262 e. The van der Waals surface area contributed by atoms with Crippen LogP contribution in [0, 0.1) is 18.8 Å². The normalized spacial score (nSPS) is 17.8. The zero-order valence-corrected chi connectivity index (χ0v) is 20.3. The van der Waals surface area contributed by atoms with E-state index in [1.807, 2.05) is 36.1 Å². The van der Waals surface area contributed by atoms with Gasteiger partial charge in [0, 0.05) is 13.1 Å². The molecule has 1 aromatic rings. The number of hydrogen-bond acceptors (Lipinski definition) is 4. The third kappa shape index (κ3) is 7.86. The van der Waals surface area contributed by atoms with Crippen LogP contribution < -0.4 is 0 Å². The second-order valence-electron chi connectivity index (χ2n) is 9.84. The number of benzene rings is 1. The van der Waals surface area contributed by atoms with Crippen molar-refractivity contribution in [1.29, 1.82) is 0 Å². The lowest BCUT2D eigenvalue weighted by atomic mass is 9.89. The molecule has 0 spiro atoms. The van der Waals surface area contributed by atoms with E-state index in [1.54, 1.807) is 6.21 Å². The first kappa shape index (κ1) is 25.2. The number of hydrogen-bond donors (Lipinski definition) is 0. The summed E-state index contributed by atoms with van der Waals surface area (Å²) in [5.74, 6) is 1.48. The molecule has 5 nitrogen and oxygen atoms in total. The third-order valence-corrected chi connectivity index (χ3v) is 6.02. The molecule has 0 aliphatic carbocycles. The van der Waals surface area contributed by atoms with E-state index in [0.29, 0.717) is 0 Å². The Bertz CT molecular complexity index is 691. The van der Waals surface area contributed by atoms with Crippen molar-refractivity contribution < 1.29 is 4.79 Å². The number of nitrogens with zero attached hydrogens (tertiary/aromatic N) is 4. The lowest BCUT2D eigenvalue weighted by molar-refractivity contribution is -0.134. The van der Waals surface area contributed by atoms with Crippen molar-refractivity contribution in [3.8, 4) is 0 Å². The van der Waals surface area contributed by atoms with Crippen molar-refractivity contribution >= 4 is 12.1 Å². The molecule has 0 fully saturated rings. The fourth-order valence-electron chi connectivity index (χ4n) is 4.01. The highest BCUT2D eigenvalue weighted by atomic mass is 16.2. The average molecular weight is 427 g/mol. The maximum atomic E-state index is 13.8. The number of amides is 1. The fraction of sp³-hybridized carbons (Fsp3) is 0.692. The molecule has 0 radical (unpaired) electrons. The molecule has 31 heavy (non-hydrogen) atoms. The van der Waals surface area contributed by atoms with Crippen LogP contribution >= 0.6 is 0 Å². The van der Waals surface area contributed by atoms with Gasteiger partial charge in [0.25, 0.3) is 5.91 Å². The molecule has 2 rings (SSSR count). The van der Waals surface area contributed by atoms with E-state index in [9.17, 15) is 4.79 Å². The van der Waals surface area contributed by atoms with Gasteiger partial charge in [-0.05, 0) is 42.4 Å². The molecule has 1 aromatic carbocycles. The second-order valence-corrected chi connectivity index (χ2v) is 9.84. The Morgan fingerprint density at radius 3 is 1.87 bits per heavy atom. The van der Waals surface area contributed by atoms with Gasteiger partial charge in [0.1, 0.15) is 0 Å². The number of carbonyl (C=O) groups excluding carboxylic acids is 1.